The van der Waals surface area contributed by atoms with Gasteiger partial charge in [-0.3, -0.25) is 9.48 Å². The third-order valence-electron chi connectivity index (χ3n) is 3.19. The van der Waals surface area contributed by atoms with Crippen molar-refractivity contribution in [1.29, 1.82) is 0 Å². The van der Waals surface area contributed by atoms with Gasteiger partial charge in [0, 0.05) is 30.4 Å². The molecule has 0 bridgehead atoms. The van der Waals surface area contributed by atoms with E-state index in [-0.39, 0.29) is 25.1 Å². The van der Waals surface area contributed by atoms with E-state index >= 15 is 0 Å². The number of hydrogen-bond acceptors (Lipinski definition) is 5. The van der Waals surface area contributed by atoms with Gasteiger partial charge < -0.3 is 15.7 Å². The number of aryl methyl sites for hydroxylation is 1. The number of nitrogens with zero attached hydrogens (tertiary/aromatic N) is 3. The van der Waals surface area contributed by atoms with Crippen LogP contribution in [-0.2, 0) is 6.54 Å². The molecule has 118 valence electrons. The van der Waals surface area contributed by atoms with Gasteiger partial charge in [0.15, 0.2) is 0 Å². The van der Waals surface area contributed by atoms with Crippen LogP contribution in [0.1, 0.15) is 23.7 Å². The number of nitrogens with one attached hydrogen (secondary N) is 2. The summed E-state index contributed by atoms with van der Waals surface area (Å²) in [6.45, 7) is 3.05. The number of hydrogen-bond donors (Lipinski definition) is 3. The molecular weight excluding hydrogens is 282 g/mol. The summed E-state index contributed by atoms with van der Waals surface area (Å²) in [4.78, 5) is 15.8. The van der Waals surface area contributed by atoms with Crippen molar-refractivity contribution < 1.29 is 9.90 Å². The lowest BCUT2D eigenvalue weighted by molar-refractivity contribution is 0.0945. The third-order valence-corrected chi connectivity index (χ3v) is 3.19. The van der Waals surface area contributed by atoms with Gasteiger partial charge in [-0.1, -0.05) is 6.07 Å². The van der Waals surface area contributed by atoms with E-state index in [1.807, 2.05) is 12.1 Å². The fourth-order valence-electron chi connectivity index (χ4n) is 2.05. The first kappa shape index (κ1) is 16.0. The maximum Gasteiger partial charge on any atom is 0.251 e. The molecule has 0 fully saturated rings. The normalized spacial score (nSPS) is 11.9. The van der Waals surface area contributed by atoms with E-state index < -0.39 is 0 Å². The molecule has 0 aliphatic heterocycles. The highest BCUT2D eigenvalue weighted by Gasteiger charge is 2.07. The molecule has 0 saturated carbocycles. The van der Waals surface area contributed by atoms with Gasteiger partial charge in [-0.05, 0) is 31.5 Å². The Balaban J connectivity index is 1.87. The monoisotopic (exact) mass is 303 g/mol. The van der Waals surface area contributed by atoms with Gasteiger partial charge in [-0.2, -0.15) is 5.10 Å². The predicted octanol–water partition coefficient (Wildman–Crippen LogP) is 0.891. The Labute approximate surface area is 129 Å². The van der Waals surface area contributed by atoms with Crippen molar-refractivity contribution in [1.82, 2.24) is 20.1 Å². The largest absolute Gasteiger partial charge is 0.395 e. The number of carbonyl (C=O) groups excluding carboxylic acids is 1. The highest BCUT2D eigenvalue weighted by molar-refractivity contribution is 5.95. The van der Waals surface area contributed by atoms with Gasteiger partial charge in [0.25, 0.3) is 5.91 Å². The first-order valence-corrected chi connectivity index (χ1v) is 7.27. The van der Waals surface area contributed by atoms with Crippen molar-refractivity contribution in [2.75, 3.05) is 18.5 Å². The Morgan fingerprint density at radius 2 is 2.32 bits per heavy atom. The highest BCUT2D eigenvalue weighted by atomic mass is 16.3. The van der Waals surface area contributed by atoms with Crippen LogP contribution in [0.5, 0.6) is 0 Å². The van der Waals surface area contributed by atoms with Gasteiger partial charge in [-0.15, -0.1) is 0 Å². The minimum atomic E-state index is -0.187. The number of amides is 1. The number of benzene rings is 1. The lowest BCUT2D eigenvalue weighted by Gasteiger charge is -2.15. The maximum atomic E-state index is 11.9. The van der Waals surface area contributed by atoms with Gasteiger partial charge in [-0.25, -0.2) is 4.98 Å². The fraction of sp³-hybridized carbons (Fsp3) is 0.400. The number of anilines is 1. The average molecular weight is 303 g/mol. The molecule has 1 aromatic carbocycles. The first-order chi connectivity index (χ1) is 10.7. The summed E-state index contributed by atoms with van der Waals surface area (Å²) in [5.41, 5.74) is 1.46. The molecule has 22 heavy (non-hydrogen) atoms. The Morgan fingerprint density at radius 3 is 3.05 bits per heavy atom. The lowest BCUT2D eigenvalue weighted by atomic mass is 10.1. The topological polar surface area (TPSA) is 92.1 Å². The minimum absolute atomic E-state index is 0.0665. The Morgan fingerprint density at radius 1 is 1.45 bits per heavy atom. The van der Waals surface area contributed by atoms with Gasteiger partial charge >= 0.3 is 0 Å². The van der Waals surface area contributed by atoms with Crippen molar-refractivity contribution in [3.05, 3.63) is 42.5 Å². The first-order valence-electron chi connectivity index (χ1n) is 7.27. The molecule has 1 amide bonds. The van der Waals surface area contributed by atoms with E-state index in [0.29, 0.717) is 5.56 Å². The van der Waals surface area contributed by atoms with Crippen molar-refractivity contribution >= 4 is 11.6 Å². The highest BCUT2D eigenvalue weighted by Crippen LogP contribution is 2.13. The van der Waals surface area contributed by atoms with Crippen LogP contribution in [0.2, 0.25) is 0 Å². The molecule has 1 aromatic heterocycles. The Hall–Kier alpha value is -2.41. The van der Waals surface area contributed by atoms with Crippen molar-refractivity contribution in [2.24, 2.45) is 0 Å². The zero-order chi connectivity index (χ0) is 15.8. The second-order valence-electron chi connectivity index (χ2n) is 5.05. The Bertz CT molecular complexity index is 585. The summed E-state index contributed by atoms with van der Waals surface area (Å²) >= 11 is 0. The lowest BCUT2D eigenvalue weighted by Crippen LogP contribution is -2.26. The molecule has 1 heterocycles. The number of aromatic nitrogens is 3. The van der Waals surface area contributed by atoms with Crippen LogP contribution in [0.15, 0.2) is 36.9 Å². The van der Waals surface area contributed by atoms with Crippen molar-refractivity contribution in [3.8, 4) is 0 Å². The molecular formula is C15H21N5O2. The van der Waals surface area contributed by atoms with Crippen LogP contribution >= 0.6 is 0 Å². The Kier molecular flexibility index (Phi) is 5.91. The zero-order valence-corrected chi connectivity index (χ0v) is 12.6. The van der Waals surface area contributed by atoms with Gasteiger partial charge in [0.2, 0.25) is 0 Å². The second-order valence-corrected chi connectivity index (χ2v) is 5.05. The summed E-state index contributed by atoms with van der Waals surface area (Å²) in [7, 11) is 0. The van der Waals surface area contributed by atoms with Gasteiger partial charge in [0.1, 0.15) is 12.7 Å². The molecule has 7 nitrogen and oxygen atoms in total. The van der Waals surface area contributed by atoms with Crippen LogP contribution in [0.25, 0.3) is 0 Å². The maximum absolute atomic E-state index is 11.9. The van der Waals surface area contributed by atoms with E-state index in [4.69, 9.17) is 5.11 Å². The quantitative estimate of drug-likeness (QED) is 0.673. The van der Waals surface area contributed by atoms with E-state index in [9.17, 15) is 4.79 Å². The molecule has 2 rings (SSSR count). The second kappa shape index (κ2) is 8.14. The molecule has 3 N–H and O–H groups in total. The molecule has 0 saturated heterocycles. The van der Waals surface area contributed by atoms with E-state index in [1.165, 1.54) is 6.33 Å². The summed E-state index contributed by atoms with van der Waals surface area (Å²) in [5.74, 6) is -0.187. The van der Waals surface area contributed by atoms with Crippen LogP contribution in [0, 0.1) is 0 Å². The van der Waals surface area contributed by atoms with E-state index in [2.05, 4.69) is 27.6 Å². The SMILES string of the molecule is CC(CCn1cncn1)Nc1cccc(C(=O)NCCO)c1. The number of rotatable bonds is 8. The molecule has 0 radical (unpaired) electrons. The zero-order valence-electron chi connectivity index (χ0n) is 12.6. The minimum Gasteiger partial charge on any atom is -0.395 e. The molecule has 7 heteroatoms. The van der Waals surface area contributed by atoms with Crippen LogP contribution in [0.3, 0.4) is 0 Å². The summed E-state index contributed by atoms with van der Waals surface area (Å²) in [6, 6.07) is 7.55. The summed E-state index contributed by atoms with van der Waals surface area (Å²) < 4.78 is 1.79. The van der Waals surface area contributed by atoms with E-state index in [0.717, 1.165) is 18.7 Å². The summed E-state index contributed by atoms with van der Waals surface area (Å²) in [6.07, 6.45) is 4.11. The fourth-order valence-corrected chi connectivity index (χ4v) is 2.05. The van der Waals surface area contributed by atoms with Crippen LogP contribution < -0.4 is 10.6 Å². The smallest absolute Gasteiger partial charge is 0.251 e. The molecule has 2 aromatic rings. The standard InChI is InChI=1S/C15H21N5O2/c1-12(5-7-20-11-16-10-18-20)19-14-4-2-3-13(9-14)15(22)17-6-8-21/h2-4,9-12,19,21H,5-8H2,1H3,(H,17,22). The average Bonchev–Trinajstić information content (AvgIpc) is 3.04. The molecule has 0 aliphatic carbocycles. The van der Waals surface area contributed by atoms with Crippen molar-refractivity contribution in [2.45, 2.75) is 25.9 Å². The van der Waals surface area contributed by atoms with Crippen LogP contribution in [-0.4, -0.2) is 45.0 Å². The number of aliphatic hydroxyl groups excluding tert-OH is 1. The number of carbonyl (C=O) groups is 1. The number of aliphatic hydroxyl groups is 1. The molecule has 0 spiro atoms. The summed E-state index contributed by atoms with van der Waals surface area (Å²) in [5, 5.41) is 18.8. The van der Waals surface area contributed by atoms with Crippen molar-refractivity contribution in [3.63, 3.8) is 0 Å². The predicted molar refractivity (Wildman–Crippen MR) is 83.6 cm³/mol. The molecule has 0 aliphatic rings. The van der Waals surface area contributed by atoms with Crippen LogP contribution in [0.4, 0.5) is 5.69 Å². The molecule has 1 unspecified atom stereocenters. The third kappa shape index (κ3) is 4.85. The molecule has 1 atom stereocenters. The van der Waals surface area contributed by atoms with Gasteiger partial charge in [0.05, 0.1) is 6.61 Å². The van der Waals surface area contributed by atoms with E-state index in [1.54, 1.807) is 23.1 Å².